The number of rotatable bonds is 7. The number of likely N-dealkylation sites (tertiary alicyclic amines) is 1. The van der Waals surface area contributed by atoms with E-state index in [0.717, 1.165) is 31.3 Å². The average molecular weight is 359 g/mol. The van der Waals surface area contributed by atoms with E-state index in [1.54, 1.807) is 6.20 Å². The molecule has 3 rings (SSSR count). The van der Waals surface area contributed by atoms with Crippen LogP contribution in [0.5, 0.6) is 0 Å². The Balaban J connectivity index is 1.39. The van der Waals surface area contributed by atoms with Crippen molar-refractivity contribution in [2.24, 2.45) is 13.0 Å². The highest BCUT2D eigenvalue weighted by Crippen LogP contribution is 2.18. The van der Waals surface area contributed by atoms with Gasteiger partial charge in [0.15, 0.2) is 5.16 Å². The number of benzene rings is 1. The molecule has 0 aliphatic carbocycles. The van der Waals surface area contributed by atoms with Gasteiger partial charge in [0.25, 0.3) is 0 Å². The molecule has 5 nitrogen and oxygen atoms in total. The number of carbonyl (C=O) groups excluding carboxylic acids is 1. The summed E-state index contributed by atoms with van der Waals surface area (Å²) in [6.07, 6.45) is 6.04. The highest BCUT2D eigenvalue weighted by molar-refractivity contribution is 7.99. The number of thioether (sulfide) groups is 1. The van der Waals surface area contributed by atoms with Crippen molar-refractivity contribution in [1.29, 1.82) is 0 Å². The molecule has 1 amide bonds. The number of nitrogens with one attached hydrogen (secondary N) is 1. The first kappa shape index (κ1) is 18.0. The summed E-state index contributed by atoms with van der Waals surface area (Å²) in [4.78, 5) is 18.8. The maximum atomic E-state index is 12.1. The van der Waals surface area contributed by atoms with E-state index in [-0.39, 0.29) is 5.91 Å². The van der Waals surface area contributed by atoms with Crippen LogP contribution in [0.4, 0.5) is 0 Å². The smallest absolute Gasteiger partial charge is 0.230 e. The summed E-state index contributed by atoms with van der Waals surface area (Å²) in [6, 6.07) is 10.6. The van der Waals surface area contributed by atoms with Gasteiger partial charge in [-0.05, 0) is 30.9 Å². The van der Waals surface area contributed by atoms with Gasteiger partial charge in [-0.1, -0.05) is 42.1 Å². The van der Waals surface area contributed by atoms with Crippen LogP contribution in [0.1, 0.15) is 18.4 Å². The minimum atomic E-state index is 0.0909. The average Bonchev–Trinajstić information content (AvgIpc) is 3.04. The van der Waals surface area contributed by atoms with Gasteiger partial charge < -0.3 is 9.88 Å². The van der Waals surface area contributed by atoms with E-state index in [1.807, 2.05) is 17.8 Å². The van der Waals surface area contributed by atoms with E-state index in [1.165, 1.54) is 30.2 Å². The molecule has 1 aromatic heterocycles. The predicted molar refractivity (Wildman–Crippen MR) is 101 cm³/mol. The van der Waals surface area contributed by atoms with Crippen molar-refractivity contribution in [3.63, 3.8) is 0 Å². The second-order valence-electron chi connectivity index (χ2n) is 6.64. The Morgan fingerprint density at radius 2 is 2.20 bits per heavy atom. The lowest BCUT2D eigenvalue weighted by Gasteiger charge is -2.32. The fraction of sp³-hybridized carbons (Fsp3) is 0.474. The first-order valence-corrected chi connectivity index (χ1v) is 9.82. The van der Waals surface area contributed by atoms with Crippen LogP contribution in [-0.4, -0.2) is 45.7 Å². The molecule has 1 aliphatic rings. The summed E-state index contributed by atoms with van der Waals surface area (Å²) >= 11 is 1.48. The van der Waals surface area contributed by atoms with E-state index in [9.17, 15) is 4.79 Å². The number of nitrogens with zero attached hydrogens (tertiary/aromatic N) is 3. The molecule has 1 N–H and O–H groups in total. The molecule has 0 bridgehead atoms. The lowest BCUT2D eigenvalue weighted by atomic mass is 9.97. The van der Waals surface area contributed by atoms with E-state index in [0.29, 0.717) is 11.7 Å². The Morgan fingerprint density at radius 1 is 1.36 bits per heavy atom. The number of hydrogen-bond donors (Lipinski definition) is 1. The Morgan fingerprint density at radius 3 is 2.96 bits per heavy atom. The molecule has 0 spiro atoms. The lowest BCUT2D eigenvalue weighted by molar-refractivity contribution is -0.118. The van der Waals surface area contributed by atoms with Crippen molar-refractivity contribution in [2.75, 3.05) is 25.4 Å². The lowest BCUT2D eigenvalue weighted by Crippen LogP contribution is -2.40. The third-order valence-corrected chi connectivity index (χ3v) is 5.61. The van der Waals surface area contributed by atoms with Gasteiger partial charge >= 0.3 is 0 Å². The quantitative estimate of drug-likeness (QED) is 0.773. The molecule has 1 aromatic carbocycles. The minimum absolute atomic E-state index is 0.0909. The Hall–Kier alpha value is -1.79. The van der Waals surface area contributed by atoms with Gasteiger partial charge in [-0.2, -0.15) is 0 Å². The normalized spacial score (nSPS) is 18.2. The van der Waals surface area contributed by atoms with Crippen molar-refractivity contribution < 1.29 is 4.79 Å². The second kappa shape index (κ2) is 9.06. The number of aryl methyl sites for hydroxylation is 1. The minimum Gasteiger partial charge on any atom is -0.355 e. The maximum absolute atomic E-state index is 12.1. The summed E-state index contributed by atoms with van der Waals surface area (Å²) in [5, 5.41) is 3.97. The van der Waals surface area contributed by atoms with E-state index >= 15 is 0 Å². The van der Waals surface area contributed by atoms with E-state index in [4.69, 9.17) is 0 Å². The van der Waals surface area contributed by atoms with E-state index < -0.39 is 0 Å². The molecule has 0 radical (unpaired) electrons. The number of piperidine rings is 1. The molecule has 2 aromatic rings. The van der Waals surface area contributed by atoms with E-state index in [2.05, 4.69) is 45.5 Å². The second-order valence-corrected chi connectivity index (χ2v) is 7.58. The van der Waals surface area contributed by atoms with Gasteiger partial charge in [0.2, 0.25) is 5.91 Å². The zero-order valence-electron chi connectivity index (χ0n) is 14.7. The SMILES string of the molecule is Cn1ccnc1SCC(=O)NCC1CCCN(Cc2ccccc2)C1. The molecule has 1 atom stereocenters. The molecule has 1 fully saturated rings. The van der Waals surface area contributed by atoms with Crippen LogP contribution in [0, 0.1) is 5.92 Å². The molecule has 25 heavy (non-hydrogen) atoms. The largest absolute Gasteiger partial charge is 0.355 e. The molecule has 1 unspecified atom stereocenters. The van der Waals surface area contributed by atoms with Gasteiger partial charge in [0.05, 0.1) is 5.75 Å². The summed E-state index contributed by atoms with van der Waals surface area (Å²) in [7, 11) is 1.94. The fourth-order valence-electron chi connectivity index (χ4n) is 3.23. The summed E-state index contributed by atoms with van der Waals surface area (Å²) < 4.78 is 1.93. The Labute approximate surface area is 153 Å². The predicted octanol–water partition coefficient (Wildman–Crippen LogP) is 2.54. The fourth-order valence-corrected chi connectivity index (χ4v) is 4.00. The van der Waals surface area contributed by atoms with Crippen LogP contribution in [-0.2, 0) is 18.4 Å². The number of carbonyl (C=O) groups is 1. The summed E-state index contributed by atoms with van der Waals surface area (Å²) in [5.41, 5.74) is 1.36. The number of aromatic nitrogens is 2. The maximum Gasteiger partial charge on any atom is 0.230 e. The van der Waals surface area contributed by atoms with Crippen LogP contribution in [0.25, 0.3) is 0 Å². The van der Waals surface area contributed by atoms with Crippen LogP contribution >= 0.6 is 11.8 Å². The topological polar surface area (TPSA) is 50.2 Å². The van der Waals surface area contributed by atoms with Gasteiger partial charge in [-0.25, -0.2) is 4.98 Å². The zero-order chi connectivity index (χ0) is 17.5. The van der Waals surface area contributed by atoms with Crippen LogP contribution in [0.15, 0.2) is 47.9 Å². The Kier molecular flexibility index (Phi) is 6.53. The molecular formula is C19H26N4OS. The molecule has 6 heteroatoms. The first-order chi connectivity index (χ1) is 12.2. The van der Waals surface area contributed by atoms with Gasteiger partial charge in [-0.15, -0.1) is 0 Å². The van der Waals surface area contributed by atoms with Crippen LogP contribution in [0.2, 0.25) is 0 Å². The monoisotopic (exact) mass is 358 g/mol. The van der Waals surface area contributed by atoms with Crippen molar-refractivity contribution in [2.45, 2.75) is 24.5 Å². The third-order valence-electron chi connectivity index (χ3n) is 4.55. The Bertz CT molecular complexity index is 673. The number of amides is 1. The third kappa shape index (κ3) is 5.61. The van der Waals surface area contributed by atoms with Gasteiger partial charge in [0, 0.05) is 39.1 Å². The summed E-state index contributed by atoms with van der Waals surface area (Å²) in [6.45, 7) is 3.97. The standard InChI is InChI=1S/C19H26N4OS/c1-22-11-9-20-19(22)25-15-18(24)21-12-17-8-5-10-23(14-17)13-16-6-3-2-4-7-16/h2-4,6-7,9,11,17H,5,8,10,12-15H2,1H3,(H,21,24). The molecule has 2 heterocycles. The molecule has 134 valence electrons. The van der Waals surface area contributed by atoms with Crippen molar-refractivity contribution in [3.05, 3.63) is 48.3 Å². The van der Waals surface area contributed by atoms with Crippen molar-refractivity contribution >= 4 is 17.7 Å². The van der Waals surface area contributed by atoms with Crippen LogP contribution < -0.4 is 5.32 Å². The highest BCUT2D eigenvalue weighted by atomic mass is 32.2. The molecule has 0 saturated carbocycles. The van der Waals surface area contributed by atoms with Crippen molar-refractivity contribution in [1.82, 2.24) is 19.8 Å². The molecular weight excluding hydrogens is 332 g/mol. The van der Waals surface area contributed by atoms with Gasteiger partial charge in [0.1, 0.15) is 0 Å². The number of imidazole rings is 1. The zero-order valence-corrected chi connectivity index (χ0v) is 15.5. The number of hydrogen-bond acceptors (Lipinski definition) is 4. The first-order valence-electron chi connectivity index (χ1n) is 8.84. The highest BCUT2D eigenvalue weighted by Gasteiger charge is 2.20. The molecule has 1 saturated heterocycles. The van der Waals surface area contributed by atoms with Gasteiger partial charge in [-0.3, -0.25) is 9.69 Å². The molecule has 1 aliphatic heterocycles. The van der Waals surface area contributed by atoms with Crippen LogP contribution in [0.3, 0.4) is 0 Å². The van der Waals surface area contributed by atoms with Crippen molar-refractivity contribution in [3.8, 4) is 0 Å². The summed E-state index contributed by atoms with van der Waals surface area (Å²) in [5.74, 6) is 1.05.